The van der Waals surface area contributed by atoms with Gasteiger partial charge in [0.2, 0.25) is 0 Å². The summed E-state index contributed by atoms with van der Waals surface area (Å²) in [5.41, 5.74) is 1.96. The minimum atomic E-state index is -2.63. The molecule has 2 heterocycles. The Morgan fingerprint density at radius 1 is 1.48 bits per heavy atom. The lowest BCUT2D eigenvalue weighted by molar-refractivity contribution is 0.0907. The van der Waals surface area contributed by atoms with E-state index < -0.39 is 9.73 Å². The number of fused-ring (bicyclic) bond motifs is 1. The van der Waals surface area contributed by atoms with E-state index in [9.17, 15) is 4.21 Å². The van der Waals surface area contributed by atoms with Crippen molar-refractivity contribution >= 4 is 9.73 Å². The van der Waals surface area contributed by atoms with Crippen LogP contribution in [0.5, 0.6) is 11.5 Å². The van der Waals surface area contributed by atoms with Gasteiger partial charge >= 0.3 is 0 Å². The first-order chi connectivity index (χ1) is 11.0. The number of benzene rings is 1. The summed E-state index contributed by atoms with van der Waals surface area (Å²) in [6.45, 7) is 0.263. The quantitative estimate of drug-likeness (QED) is 0.934. The summed E-state index contributed by atoms with van der Waals surface area (Å²) >= 11 is 0. The van der Waals surface area contributed by atoms with Gasteiger partial charge in [-0.2, -0.15) is 5.26 Å². The Morgan fingerprint density at radius 3 is 3.04 bits per heavy atom. The van der Waals surface area contributed by atoms with E-state index in [4.69, 9.17) is 19.5 Å². The number of nitrogens with one attached hydrogen (secondary N) is 1. The molecular formula is C16H15N3O3S. The Balaban J connectivity index is 1.87. The summed E-state index contributed by atoms with van der Waals surface area (Å²) in [6, 6.07) is 9.08. The van der Waals surface area contributed by atoms with Gasteiger partial charge in [0.1, 0.15) is 12.7 Å². The van der Waals surface area contributed by atoms with Crippen LogP contribution in [0.3, 0.4) is 0 Å². The molecular weight excluding hydrogens is 314 g/mol. The van der Waals surface area contributed by atoms with Gasteiger partial charge < -0.3 is 9.47 Å². The topological polar surface area (TPSA) is 96.1 Å². The number of aromatic nitrogens is 1. The highest BCUT2D eigenvalue weighted by Crippen LogP contribution is 2.38. The molecule has 1 aromatic heterocycles. The third-order valence-corrected chi connectivity index (χ3v) is 4.26. The fourth-order valence-electron chi connectivity index (χ4n) is 2.44. The van der Waals surface area contributed by atoms with Gasteiger partial charge in [-0.15, -0.1) is 0 Å². The largest absolute Gasteiger partial charge is 0.484 e. The minimum Gasteiger partial charge on any atom is -0.484 e. The third kappa shape index (κ3) is 3.43. The zero-order chi connectivity index (χ0) is 16.4. The van der Waals surface area contributed by atoms with Gasteiger partial charge in [-0.1, -0.05) is 6.07 Å². The molecule has 23 heavy (non-hydrogen) atoms. The molecule has 0 saturated heterocycles. The normalized spacial score (nSPS) is 18.7. The van der Waals surface area contributed by atoms with Gasteiger partial charge in [0.05, 0.1) is 11.3 Å². The van der Waals surface area contributed by atoms with Crippen LogP contribution in [0, 0.1) is 16.1 Å². The highest BCUT2D eigenvalue weighted by molar-refractivity contribution is 7.90. The lowest BCUT2D eigenvalue weighted by Crippen LogP contribution is -2.22. The molecule has 6 nitrogen and oxygen atoms in total. The van der Waals surface area contributed by atoms with E-state index in [2.05, 4.69) is 11.1 Å². The number of rotatable bonds is 3. The predicted octanol–water partition coefficient (Wildman–Crippen LogP) is 2.64. The molecule has 1 N–H and O–H groups in total. The Bertz CT molecular complexity index is 888. The van der Waals surface area contributed by atoms with E-state index in [1.54, 1.807) is 30.6 Å². The standard InChI is InChI=1S/C16H15N3O3S/c1-23(18,20)10-11-5-13(8-19-7-11)15-9-21-16-12(6-17)3-2-4-14(16)22-15/h2-5,7-8,15,18H,9-10H2,1H3/t15?,23-/m1/s1. The van der Waals surface area contributed by atoms with Crippen LogP contribution in [-0.4, -0.2) is 22.1 Å². The Kier molecular flexibility index (Phi) is 3.92. The van der Waals surface area contributed by atoms with Gasteiger partial charge in [0.25, 0.3) is 0 Å². The summed E-state index contributed by atoms with van der Waals surface area (Å²) in [5.74, 6) is 1.12. The van der Waals surface area contributed by atoms with Crippen LogP contribution in [0.1, 0.15) is 22.8 Å². The van der Waals surface area contributed by atoms with Crippen LogP contribution in [0.2, 0.25) is 0 Å². The molecule has 1 aliphatic heterocycles. The SMILES string of the molecule is C[S@@](=N)(=O)Cc1cncc(C2COc3c(C#N)cccc3O2)c1. The second kappa shape index (κ2) is 5.89. The first-order valence-corrected chi connectivity index (χ1v) is 9.07. The van der Waals surface area contributed by atoms with E-state index in [1.165, 1.54) is 6.26 Å². The fraction of sp³-hybridized carbons (Fsp3) is 0.250. The molecule has 1 aliphatic rings. The molecule has 0 aliphatic carbocycles. The van der Waals surface area contributed by atoms with E-state index in [1.807, 2.05) is 6.07 Å². The summed E-state index contributed by atoms with van der Waals surface area (Å²) in [5, 5.41) is 9.08. The smallest absolute Gasteiger partial charge is 0.179 e. The van der Waals surface area contributed by atoms with E-state index in [-0.39, 0.29) is 18.5 Å². The average molecular weight is 329 g/mol. The molecule has 0 amide bonds. The lowest BCUT2D eigenvalue weighted by atomic mass is 10.1. The van der Waals surface area contributed by atoms with Crippen LogP contribution in [0.15, 0.2) is 36.7 Å². The number of nitrogens with zero attached hydrogens (tertiary/aromatic N) is 2. The van der Waals surface area contributed by atoms with Crippen molar-refractivity contribution in [3.63, 3.8) is 0 Å². The van der Waals surface area contributed by atoms with Gasteiger partial charge in [-0.25, -0.2) is 4.21 Å². The second-order valence-electron chi connectivity index (χ2n) is 5.44. The zero-order valence-electron chi connectivity index (χ0n) is 12.5. The number of para-hydroxylation sites is 1. The maximum absolute atomic E-state index is 11.6. The Morgan fingerprint density at radius 2 is 2.30 bits per heavy atom. The third-order valence-electron chi connectivity index (χ3n) is 3.38. The first-order valence-electron chi connectivity index (χ1n) is 6.94. The predicted molar refractivity (Wildman–Crippen MR) is 84.7 cm³/mol. The van der Waals surface area contributed by atoms with E-state index in [0.29, 0.717) is 17.1 Å². The van der Waals surface area contributed by atoms with Crippen LogP contribution in [0.25, 0.3) is 0 Å². The summed E-state index contributed by atoms with van der Waals surface area (Å²) in [4.78, 5) is 4.14. The molecule has 2 aromatic rings. The maximum Gasteiger partial charge on any atom is 0.179 e. The van der Waals surface area contributed by atoms with E-state index >= 15 is 0 Å². The summed E-state index contributed by atoms with van der Waals surface area (Å²) in [6.07, 6.45) is 4.31. The monoisotopic (exact) mass is 329 g/mol. The maximum atomic E-state index is 11.6. The van der Waals surface area contributed by atoms with Gasteiger partial charge in [-0.3, -0.25) is 9.76 Å². The van der Waals surface area contributed by atoms with E-state index in [0.717, 1.165) is 11.1 Å². The average Bonchev–Trinajstić information content (AvgIpc) is 2.52. The number of hydrogen-bond acceptors (Lipinski definition) is 6. The molecule has 0 fully saturated rings. The van der Waals surface area contributed by atoms with Crippen molar-refractivity contribution in [3.05, 3.63) is 53.3 Å². The van der Waals surface area contributed by atoms with Crippen LogP contribution >= 0.6 is 0 Å². The van der Waals surface area contributed by atoms with Crippen molar-refractivity contribution in [2.75, 3.05) is 12.9 Å². The molecule has 0 radical (unpaired) electrons. The van der Waals surface area contributed by atoms with Gasteiger partial charge in [0, 0.05) is 33.9 Å². The van der Waals surface area contributed by atoms with Crippen LogP contribution < -0.4 is 9.47 Å². The first kappa shape index (κ1) is 15.3. The van der Waals surface area contributed by atoms with Gasteiger partial charge in [-0.05, 0) is 23.8 Å². The van der Waals surface area contributed by atoms with Crippen molar-refractivity contribution in [1.29, 1.82) is 10.0 Å². The van der Waals surface area contributed by atoms with Crippen molar-refractivity contribution in [2.24, 2.45) is 0 Å². The zero-order valence-corrected chi connectivity index (χ0v) is 13.3. The summed E-state index contributed by atoms with van der Waals surface area (Å²) in [7, 11) is -2.63. The van der Waals surface area contributed by atoms with Crippen molar-refractivity contribution in [1.82, 2.24) is 4.98 Å². The Hall–Kier alpha value is -2.59. The van der Waals surface area contributed by atoms with Crippen molar-refractivity contribution in [2.45, 2.75) is 11.9 Å². The minimum absolute atomic E-state index is 0.149. The number of pyridine rings is 1. The molecule has 0 spiro atoms. The molecule has 3 rings (SSSR count). The van der Waals surface area contributed by atoms with Crippen molar-refractivity contribution in [3.8, 4) is 17.6 Å². The molecule has 118 valence electrons. The number of nitriles is 1. The highest BCUT2D eigenvalue weighted by Gasteiger charge is 2.25. The molecule has 7 heteroatoms. The number of ether oxygens (including phenoxy) is 2. The fourth-order valence-corrected chi connectivity index (χ4v) is 3.23. The van der Waals surface area contributed by atoms with Gasteiger partial charge in [0.15, 0.2) is 17.6 Å². The lowest BCUT2D eigenvalue weighted by Gasteiger charge is -2.27. The summed E-state index contributed by atoms with van der Waals surface area (Å²) < 4.78 is 30.8. The molecule has 1 unspecified atom stereocenters. The second-order valence-corrected chi connectivity index (χ2v) is 7.74. The molecule has 0 saturated carbocycles. The molecule has 0 bridgehead atoms. The number of hydrogen-bond donors (Lipinski definition) is 1. The highest BCUT2D eigenvalue weighted by atomic mass is 32.2. The molecule has 2 atom stereocenters. The van der Waals surface area contributed by atoms with Crippen molar-refractivity contribution < 1.29 is 13.7 Å². The Labute approximate surface area is 134 Å². The van der Waals surface area contributed by atoms with Crippen LogP contribution in [-0.2, 0) is 15.5 Å². The molecule has 1 aromatic carbocycles. The van der Waals surface area contributed by atoms with Crippen LogP contribution in [0.4, 0.5) is 0 Å².